The predicted octanol–water partition coefficient (Wildman–Crippen LogP) is 4.56. The van der Waals surface area contributed by atoms with Crippen LogP contribution in [0.25, 0.3) is 0 Å². The fourth-order valence-electron chi connectivity index (χ4n) is 1.71. The lowest BCUT2D eigenvalue weighted by Gasteiger charge is -2.14. The Hall–Kier alpha value is -2.38. The first-order valence-corrected chi connectivity index (χ1v) is 6.99. The first-order valence-electron chi connectivity index (χ1n) is 6.99. The molecule has 0 saturated heterocycles. The zero-order chi connectivity index (χ0) is 16.9. The van der Waals surface area contributed by atoms with Crippen LogP contribution in [0.1, 0.15) is 25.3 Å². The number of anilines is 2. The van der Waals surface area contributed by atoms with E-state index in [1.807, 2.05) is 6.92 Å². The largest absolute Gasteiger partial charge is 0.477 e. The summed E-state index contributed by atoms with van der Waals surface area (Å²) in [6.45, 7) is 2.03. The number of hydrogen-bond acceptors (Lipinski definition) is 4. The third-order valence-electron chi connectivity index (χ3n) is 2.90. The molecule has 8 heteroatoms. The molecule has 0 amide bonds. The van der Waals surface area contributed by atoms with Gasteiger partial charge in [0.15, 0.2) is 0 Å². The highest BCUT2D eigenvalue weighted by Crippen LogP contribution is 2.35. The van der Waals surface area contributed by atoms with Crippen molar-refractivity contribution in [2.45, 2.75) is 25.9 Å². The molecule has 0 unspecified atom stereocenters. The minimum atomic E-state index is -4.60. The quantitative estimate of drug-likeness (QED) is 0.623. The summed E-state index contributed by atoms with van der Waals surface area (Å²) in [4.78, 5) is 7.41. The molecule has 0 bridgehead atoms. The molecular weight excluding hydrogens is 314 g/mol. The fraction of sp³-hybridized carbons (Fsp3) is 0.333. The fourth-order valence-corrected chi connectivity index (χ4v) is 1.71. The number of aromatic nitrogens is 2. The Morgan fingerprint density at radius 2 is 1.87 bits per heavy atom. The van der Waals surface area contributed by atoms with Gasteiger partial charge in [0.2, 0.25) is 11.8 Å². The van der Waals surface area contributed by atoms with Gasteiger partial charge in [0.25, 0.3) is 0 Å². The van der Waals surface area contributed by atoms with Crippen molar-refractivity contribution in [1.29, 1.82) is 0 Å². The van der Waals surface area contributed by atoms with Crippen LogP contribution in [-0.4, -0.2) is 16.6 Å². The van der Waals surface area contributed by atoms with Crippen molar-refractivity contribution in [3.63, 3.8) is 0 Å². The van der Waals surface area contributed by atoms with E-state index < -0.39 is 23.4 Å². The smallest absolute Gasteiger partial charge is 0.423 e. The number of alkyl halides is 3. The number of rotatable bonds is 6. The number of unbranched alkanes of at least 4 members (excludes halogenated alkanes) is 1. The van der Waals surface area contributed by atoms with Gasteiger partial charge in [-0.15, -0.1) is 0 Å². The zero-order valence-electron chi connectivity index (χ0n) is 12.3. The van der Waals surface area contributed by atoms with Gasteiger partial charge in [-0.05, 0) is 30.7 Å². The van der Waals surface area contributed by atoms with Crippen LogP contribution < -0.4 is 10.1 Å². The summed E-state index contributed by atoms with van der Waals surface area (Å²) >= 11 is 0. The van der Waals surface area contributed by atoms with Crippen molar-refractivity contribution < 1.29 is 22.3 Å². The normalized spacial score (nSPS) is 11.3. The first-order chi connectivity index (χ1) is 10.9. The average Bonchev–Trinajstić information content (AvgIpc) is 2.49. The van der Waals surface area contributed by atoms with Crippen molar-refractivity contribution in [2.24, 2.45) is 0 Å². The monoisotopic (exact) mass is 329 g/mol. The number of halogens is 4. The van der Waals surface area contributed by atoms with Gasteiger partial charge < -0.3 is 10.1 Å². The number of nitrogens with zero attached hydrogens (tertiary/aromatic N) is 2. The van der Waals surface area contributed by atoms with Gasteiger partial charge in [-0.25, -0.2) is 9.37 Å². The SMILES string of the molecule is CCCCOc1nc(Nc2ccc(F)cc2)ncc1C(F)(F)F. The Morgan fingerprint density at radius 1 is 1.17 bits per heavy atom. The van der Waals surface area contributed by atoms with Crippen LogP contribution in [0.2, 0.25) is 0 Å². The second-order valence-corrected chi connectivity index (χ2v) is 4.74. The third kappa shape index (κ3) is 4.80. The lowest BCUT2D eigenvalue weighted by atomic mass is 10.3. The van der Waals surface area contributed by atoms with Crippen LogP contribution >= 0.6 is 0 Å². The minimum Gasteiger partial charge on any atom is -0.477 e. The Labute approximate surface area is 130 Å². The van der Waals surface area contributed by atoms with E-state index in [-0.39, 0.29) is 12.6 Å². The molecule has 0 radical (unpaired) electrons. The summed E-state index contributed by atoms with van der Waals surface area (Å²) in [5.74, 6) is -1.01. The summed E-state index contributed by atoms with van der Waals surface area (Å²) in [6.07, 6.45) is -2.54. The third-order valence-corrected chi connectivity index (χ3v) is 2.90. The van der Waals surface area contributed by atoms with Crippen LogP contribution in [0.15, 0.2) is 30.5 Å². The standard InChI is InChI=1S/C15H15F4N3O/c1-2-3-8-23-13-12(15(17,18)19)9-20-14(22-13)21-11-6-4-10(16)5-7-11/h4-7,9H,2-3,8H2,1H3,(H,20,21,22). The maximum atomic E-state index is 12.9. The highest BCUT2D eigenvalue weighted by molar-refractivity contribution is 5.53. The van der Waals surface area contributed by atoms with Crippen molar-refractivity contribution in [3.05, 3.63) is 41.8 Å². The van der Waals surface area contributed by atoms with E-state index in [1.54, 1.807) is 0 Å². The van der Waals surface area contributed by atoms with Crippen molar-refractivity contribution >= 4 is 11.6 Å². The molecule has 0 saturated carbocycles. The van der Waals surface area contributed by atoms with Gasteiger partial charge in [0.05, 0.1) is 6.61 Å². The molecule has 0 atom stereocenters. The van der Waals surface area contributed by atoms with Crippen LogP contribution in [0, 0.1) is 5.82 Å². The minimum absolute atomic E-state index is 0.0592. The average molecular weight is 329 g/mol. The number of benzene rings is 1. The second kappa shape index (κ2) is 7.26. The molecule has 4 nitrogen and oxygen atoms in total. The van der Waals surface area contributed by atoms with Gasteiger partial charge in [-0.3, -0.25) is 0 Å². The van der Waals surface area contributed by atoms with E-state index >= 15 is 0 Å². The van der Waals surface area contributed by atoms with Crippen molar-refractivity contribution in [2.75, 3.05) is 11.9 Å². The van der Waals surface area contributed by atoms with Gasteiger partial charge >= 0.3 is 6.18 Å². The van der Waals surface area contributed by atoms with Crippen LogP contribution in [0.5, 0.6) is 5.88 Å². The molecule has 2 rings (SSSR count). The molecule has 0 aliphatic heterocycles. The van der Waals surface area contributed by atoms with E-state index in [9.17, 15) is 17.6 Å². The number of hydrogen-bond donors (Lipinski definition) is 1. The Kier molecular flexibility index (Phi) is 5.36. The molecular formula is C15H15F4N3O. The second-order valence-electron chi connectivity index (χ2n) is 4.74. The maximum Gasteiger partial charge on any atom is 0.423 e. The van der Waals surface area contributed by atoms with Crippen LogP contribution in [0.4, 0.5) is 29.2 Å². The lowest BCUT2D eigenvalue weighted by Crippen LogP contribution is -2.13. The summed E-state index contributed by atoms with van der Waals surface area (Å²) in [6, 6.07) is 5.28. The summed E-state index contributed by atoms with van der Waals surface area (Å²) in [5.41, 5.74) is -0.580. The van der Waals surface area contributed by atoms with Crippen molar-refractivity contribution in [1.82, 2.24) is 9.97 Å². The summed E-state index contributed by atoms with van der Waals surface area (Å²) < 4.78 is 56.8. The highest BCUT2D eigenvalue weighted by Gasteiger charge is 2.36. The Morgan fingerprint density at radius 3 is 2.48 bits per heavy atom. The molecule has 0 aliphatic carbocycles. The predicted molar refractivity (Wildman–Crippen MR) is 77.1 cm³/mol. The molecule has 0 fully saturated rings. The molecule has 1 heterocycles. The Bertz CT molecular complexity index is 644. The maximum absolute atomic E-state index is 12.9. The van der Waals surface area contributed by atoms with Crippen molar-refractivity contribution in [3.8, 4) is 5.88 Å². The van der Waals surface area contributed by atoms with E-state index in [1.165, 1.54) is 24.3 Å². The molecule has 23 heavy (non-hydrogen) atoms. The molecule has 0 spiro atoms. The van der Waals surface area contributed by atoms with Crippen LogP contribution in [0.3, 0.4) is 0 Å². The van der Waals surface area contributed by atoms with Gasteiger partial charge in [-0.1, -0.05) is 13.3 Å². The molecule has 2 aromatic rings. The molecule has 124 valence electrons. The molecule has 1 N–H and O–H groups in total. The number of nitrogens with one attached hydrogen (secondary N) is 1. The lowest BCUT2D eigenvalue weighted by molar-refractivity contribution is -0.139. The van der Waals surface area contributed by atoms with Crippen LogP contribution in [-0.2, 0) is 6.18 Å². The van der Waals surface area contributed by atoms with E-state index in [2.05, 4.69) is 15.3 Å². The summed E-state index contributed by atoms with van der Waals surface area (Å²) in [7, 11) is 0. The van der Waals surface area contributed by atoms with Gasteiger partial charge in [0.1, 0.15) is 11.4 Å². The summed E-state index contributed by atoms with van der Waals surface area (Å²) in [5, 5.41) is 2.70. The van der Waals surface area contributed by atoms with Gasteiger partial charge in [0, 0.05) is 11.9 Å². The molecule has 1 aromatic heterocycles. The Balaban J connectivity index is 2.23. The zero-order valence-corrected chi connectivity index (χ0v) is 12.3. The van der Waals surface area contributed by atoms with E-state index in [0.717, 1.165) is 6.42 Å². The number of ether oxygens (including phenoxy) is 1. The van der Waals surface area contributed by atoms with E-state index in [0.29, 0.717) is 18.3 Å². The first kappa shape index (κ1) is 17.0. The van der Waals surface area contributed by atoms with E-state index in [4.69, 9.17) is 4.74 Å². The topological polar surface area (TPSA) is 47.0 Å². The molecule has 0 aliphatic rings. The highest BCUT2D eigenvalue weighted by atomic mass is 19.4. The molecule has 1 aromatic carbocycles. The van der Waals surface area contributed by atoms with Gasteiger partial charge in [-0.2, -0.15) is 18.2 Å².